The molecule has 1 fully saturated rings. The number of rotatable bonds is 1. The molecule has 0 saturated carbocycles. The van der Waals surface area contributed by atoms with Gasteiger partial charge in [0.15, 0.2) is 0 Å². The molecule has 0 radical (unpaired) electrons. The van der Waals surface area contributed by atoms with E-state index in [1.807, 2.05) is 0 Å². The van der Waals surface area contributed by atoms with Gasteiger partial charge in [0.05, 0.1) is 6.04 Å². The van der Waals surface area contributed by atoms with Crippen molar-refractivity contribution in [3.63, 3.8) is 0 Å². The van der Waals surface area contributed by atoms with E-state index in [2.05, 4.69) is 5.32 Å². The summed E-state index contributed by atoms with van der Waals surface area (Å²) in [6.07, 6.45) is -3.40. The van der Waals surface area contributed by atoms with Crippen LogP contribution in [0.2, 0.25) is 0 Å². The second kappa shape index (κ2) is 2.81. The highest BCUT2D eigenvalue weighted by Gasteiger charge is 2.43. The number of nitrogens with one attached hydrogen (secondary N) is 1. The Morgan fingerprint density at radius 3 is 2.27 bits per heavy atom. The molecular weight excluding hydrogens is 159 g/mol. The van der Waals surface area contributed by atoms with E-state index in [4.69, 9.17) is 0 Å². The van der Waals surface area contributed by atoms with Crippen LogP contribution in [0.3, 0.4) is 0 Å². The van der Waals surface area contributed by atoms with Gasteiger partial charge in [0.1, 0.15) is 12.3 Å². The minimum absolute atomic E-state index is 0.00685. The van der Waals surface area contributed by atoms with Crippen molar-refractivity contribution in [2.75, 3.05) is 0 Å². The summed E-state index contributed by atoms with van der Waals surface area (Å²) in [6, 6.07) is -2.10. The number of alkyl halides is 3. The third-order valence-electron chi connectivity index (χ3n) is 1.74. The standard InChI is InChI=1S/C6H8F3NO/c7-6(8,9)5-2-1-4(3-11)10-5/h3-5,10H,1-2H2/t4?,5-/m1/s1. The Kier molecular flexibility index (Phi) is 2.17. The second-order valence-electron chi connectivity index (χ2n) is 2.58. The van der Waals surface area contributed by atoms with Gasteiger partial charge in [-0.3, -0.25) is 5.32 Å². The highest BCUT2D eigenvalue weighted by atomic mass is 19.4. The second-order valence-corrected chi connectivity index (χ2v) is 2.58. The zero-order valence-corrected chi connectivity index (χ0v) is 5.69. The largest absolute Gasteiger partial charge is 0.403 e. The lowest BCUT2D eigenvalue weighted by Crippen LogP contribution is -2.40. The van der Waals surface area contributed by atoms with Crippen LogP contribution in [0, 0.1) is 0 Å². The Labute approximate surface area is 61.8 Å². The quantitative estimate of drug-likeness (QED) is 0.587. The van der Waals surface area contributed by atoms with Crippen molar-refractivity contribution in [3.8, 4) is 0 Å². The fraction of sp³-hybridized carbons (Fsp3) is 0.833. The van der Waals surface area contributed by atoms with Gasteiger partial charge < -0.3 is 4.79 Å². The molecule has 1 N–H and O–H groups in total. The summed E-state index contributed by atoms with van der Waals surface area (Å²) in [5.74, 6) is 0. The van der Waals surface area contributed by atoms with Crippen LogP contribution in [0.5, 0.6) is 0 Å². The maximum absolute atomic E-state index is 11.9. The smallest absolute Gasteiger partial charge is 0.302 e. The van der Waals surface area contributed by atoms with Crippen molar-refractivity contribution in [2.24, 2.45) is 0 Å². The van der Waals surface area contributed by atoms with Crippen molar-refractivity contribution >= 4 is 6.29 Å². The van der Waals surface area contributed by atoms with Crippen molar-refractivity contribution in [2.45, 2.75) is 31.1 Å². The molecule has 0 spiro atoms. The lowest BCUT2D eigenvalue weighted by molar-refractivity contribution is -0.152. The maximum atomic E-state index is 11.9. The topological polar surface area (TPSA) is 29.1 Å². The van der Waals surface area contributed by atoms with Gasteiger partial charge in [-0.15, -0.1) is 0 Å². The average molecular weight is 167 g/mol. The summed E-state index contributed by atoms with van der Waals surface area (Å²) in [7, 11) is 0. The van der Waals surface area contributed by atoms with Gasteiger partial charge in [0, 0.05) is 0 Å². The number of carbonyl (C=O) groups excluding carboxylic acids is 1. The van der Waals surface area contributed by atoms with Crippen molar-refractivity contribution in [1.82, 2.24) is 5.32 Å². The van der Waals surface area contributed by atoms with E-state index in [0.29, 0.717) is 6.29 Å². The van der Waals surface area contributed by atoms with Crippen LogP contribution in [0.15, 0.2) is 0 Å². The van der Waals surface area contributed by atoms with E-state index in [-0.39, 0.29) is 12.8 Å². The summed E-state index contributed by atoms with van der Waals surface area (Å²) in [5, 5.41) is 2.19. The van der Waals surface area contributed by atoms with Crippen LogP contribution in [-0.2, 0) is 4.79 Å². The highest BCUT2D eigenvalue weighted by molar-refractivity contribution is 5.58. The molecule has 1 aliphatic rings. The van der Waals surface area contributed by atoms with Gasteiger partial charge in [-0.2, -0.15) is 13.2 Å². The zero-order chi connectivity index (χ0) is 8.48. The minimum Gasteiger partial charge on any atom is -0.302 e. The van der Waals surface area contributed by atoms with E-state index in [1.165, 1.54) is 0 Å². The van der Waals surface area contributed by atoms with Gasteiger partial charge in [0.2, 0.25) is 0 Å². The molecule has 0 amide bonds. The Balaban J connectivity index is 2.48. The maximum Gasteiger partial charge on any atom is 0.403 e. The molecule has 1 heterocycles. The van der Waals surface area contributed by atoms with Crippen LogP contribution in [-0.4, -0.2) is 24.5 Å². The molecule has 0 aromatic carbocycles. The fourth-order valence-corrected chi connectivity index (χ4v) is 1.14. The van der Waals surface area contributed by atoms with Gasteiger partial charge in [-0.1, -0.05) is 0 Å². The fourth-order valence-electron chi connectivity index (χ4n) is 1.14. The van der Waals surface area contributed by atoms with Gasteiger partial charge >= 0.3 is 6.18 Å². The molecule has 5 heteroatoms. The molecule has 2 nitrogen and oxygen atoms in total. The molecule has 0 aromatic heterocycles. The van der Waals surface area contributed by atoms with E-state index < -0.39 is 18.3 Å². The first-order valence-electron chi connectivity index (χ1n) is 3.32. The predicted octanol–water partition coefficient (Wildman–Crippen LogP) is 0.868. The van der Waals surface area contributed by atoms with Crippen molar-refractivity contribution in [1.29, 1.82) is 0 Å². The molecule has 1 saturated heterocycles. The van der Waals surface area contributed by atoms with Crippen LogP contribution in [0.4, 0.5) is 13.2 Å². The van der Waals surface area contributed by atoms with Crippen LogP contribution < -0.4 is 5.32 Å². The molecule has 0 aromatic rings. The first-order valence-corrected chi connectivity index (χ1v) is 3.32. The minimum atomic E-state index is -4.21. The van der Waals surface area contributed by atoms with Crippen molar-refractivity contribution in [3.05, 3.63) is 0 Å². The molecule has 64 valence electrons. The van der Waals surface area contributed by atoms with Gasteiger partial charge in [-0.05, 0) is 12.8 Å². The normalized spacial score (nSPS) is 32.3. The lowest BCUT2D eigenvalue weighted by atomic mass is 10.2. The van der Waals surface area contributed by atoms with E-state index in [9.17, 15) is 18.0 Å². The molecule has 0 bridgehead atoms. The molecule has 0 aliphatic carbocycles. The molecular formula is C6H8F3NO. The molecule has 1 rings (SSSR count). The Morgan fingerprint density at radius 1 is 1.36 bits per heavy atom. The molecule has 11 heavy (non-hydrogen) atoms. The van der Waals surface area contributed by atoms with E-state index >= 15 is 0 Å². The number of halogens is 3. The first kappa shape index (κ1) is 8.52. The lowest BCUT2D eigenvalue weighted by Gasteiger charge is -2.14. The number of hydrogen-bond acceptors (Lipinski definition) is 2. The SMILES string of the molecule is O=CC1CC[C@H](C(F)(F)F)N1. The summed E-state index contributed by atoms with van der Waals surface area (Å²) < 4.78 is 35.7. The van der Waals surface area contributed by atoms with E-state index in [1.54, 1.807) is 0 Å². The zero-order valence-electron chi connectivity index (χ0n) is 5.69. The Morgan fingerprint density at radius 2 is 2.00 bits per heavy atom. The third-order valence-corrected chi connectivity index (χ3v) is 1.74. The van der Waals surface area contributed by atoms with Crippen molar-refractivity contribution < 1.29 is 18.0 Å². The van der Waals surface area contributed by atoms with E-state index in [0.717, 1.165) is 0 Å². The molecule has 2 atom stereocenters. The van der Waals surface area contributed by atoms with Crippen LogP contribution in [0.1, 0.15) is 12.8 Å². The first-order chi connectivity index (χ1) is 5.04. The Hall–Kier alpha value is -0.580. The highest BCUT2D eigenvalue weighted by Crippen LogP contribution is 2.27. The number of hydrogen-bond donors (Lipinski definition) is 1. The third kappa shape index (κ3) is 1.92. The van der Waals surface area contributed by atoms with Crippen LogP contribution in [0.25, 0.3) is 0 Å². The number of aldehydes is 1. The van der Waals surface area contributed by atoms with Gasteiger partial charge in [0.25, 0.3) is 0 Å². The molecule has 1 aliphatic heterocycles. The van der Waals surface area contributed by atoms with Crippen LogP contribution >= 0.6 is 0 Å². The summed E-state index contributed by atoms with van der Waals surface area (Å²) in [6.45, 7) is 0. The number of carbonyl (C=O) groups is 1. The summed E-state index contributed by atoms with van der Waals surface area (Å²) in [5.41, 5.74) is 0. The summed E-state index contributed by atoms with van der Waals surface area (Å²) in [4.78, 5) is 10.0. The summed E-state index contributed by atoms with van der Waals surface area (Å²) >= 11 is 0. The predicted molar refractivity (Wildman–Crippen MR) is 32.1 cm³/mol. The average Bonchev–Trinajstić information content (AvgIpc) is 2.32. The van der Waals surface area contributed by atoms with Gasteiger partial charge in [-0.25, -0.2) is 0 Å². The molecule has 1 unspecified atom stereocenters. The Bertz CT molecular complexity index is 156. The monoisotopic (exact) mass is 167 g/mol.